The zero-order valence-corrected chi connectivity index (χ0v) is 19.1. The first-order chi connectivity index (χ1) is 15.3. The number of halogens is 1. The van der Waals surface area contributed by atoms with E-state index >= 15 is 0 Å². The smallest absolute Gasteiger partial charge is 0.250 e. The molecule has 1 fully saturated rings. The summed E-state index contributed by atoms with van der Waals surface area (Å²) in [6.07, 6.45) is 0.255. The van der Waals surface area contributed by atoms with Crippen LogP contribution in [0.5, 0.6) is 11.5 Å². The Hall–Kier alpha value is -3.11. The number of carbonyl (C=O) groups is 3. The number of methoxy groups -OCH3 is 2. The number of hydrogen-bond acceptors (Lipinski definition) is 6. The molecule has 10 heteroatoms. The largest absolute Gasteiger partial charge is 0.497 e. The lowest BCUT2D eigenvalue weighted by Crippen LogP contribution is -2.52. The average molecular weight is 503 g/mol. The van der Waals surface area contributed by atoms with E-state index in [4.69, 9.17) is 15.2 Å². The Balaban J connectivity index is 1.75. The first kappa shape index (κ1) is 22.1. The third kappa shape index (κ3) is 3.69. The highest BCUT2D eigenvalue weighted by Crippen LogP contribution is 2.48. The van der Waals surface area contributed by atoms with E-state index in [9.17, 15) is 14.4 Å². The number of carbonyl (C=O) groups excluding carboxylic acids is 3. The number of ether oxygens (including phenoxy) is 2. The molecule has 2 aliphatic heterocycles. The third-order valence-electron chi connectivity index (χ3n) is 5.92. The lowest BCUT2D eigenvalue weighted by molar-refractivity contribution is -0.130. The van der Waals surface area contributed by atoms with Crippen LogP contribution in [0.25, 0.3) is 0 Å². The normalized spacial score (nSPS) is 23.5. The summed E-state index contributed by atoms with van der Waals surface area (Å²) in [7, 11) is 3.02. The topological polar surface area (TPSA) is 132 Å². The maximum absolute atomic E-state index is 13.6. The van der Waals surface area contributed by atoms with Crippen LogP contribution in [0.3, 0.4) is 0 Å². The molecule has 2 aromatic carbocycles. The molecule has 3 atom stereocenters. The van der Waals surface area contributed by atoms with Crippen LogP contribution in [-0.2, 0) is 19.9 Å². The van der Waals surface area contributed by atoms with E-state index in [0.717, 1.165) is 4.47 Å². The van der Waals surface area contributed by atoms with E-state index in [1.807, 2.05) is 6.07 Å². The fourth-order valence-corrected chi connectivity index (χ4v) is 4.90. The van der Waals surface area contributed by atoms with Crippen molar-refractivity contribution in [1.29, 1.82) is 0 Å². The van der Waals surface area contributed by atoms with Crippen LogP contribution in [-0.4, -0.2) is 38.0 Å². The van der Waals surface area contributed by atoms with Gasteiger partial charge in [-0.3, -0.25) is 19.7 Å². The minimum absolute atomic E-state index is 0.00459. The Labute approximate surface area is 193 Å². The molecule has 3 amide bonds. The van der Waals surface area contributed by atoms with Crippen molar-refractivity contribution < 1.29 is 23.9 Å². The minimum Gasteiger partial charge on any atom is -0.497 e. The summed E-state index contributed by atoms with van der Waals surface area (Å²) in [6, 6.07) is 9.99. The van der Waals surface area contributed by atoms with Gasteiger partial charge in [0.05, 0.1) is 25.8 Å². The lowest BCUT2D eigenvalue weighted by Gasteiger charge is -2.29. The van der Waals surface area contributed by atoms with E-state index in [2.05, 4.69) is 31.9 Å². The highest BCUT2D eigenvalue weighted by Gasteiger charge is 2.60. The SMILES string of the molecule is COc1ccc(OC)c(NC(=O)[C@@H]2C[C@@H](CC(N)=O)N[C@]23C(=O)Nc2ccc(Br)cc23)c1. The Morgan fingerprint density at radius 3 is 2.69 bits per heavy atom. The number of amides is 3. The molecule has 9 nitrogen and oxygen atoms in total. The van der Waals surface area contributed by atoms with E-state index in [-0.39, 0.29) is 24.7 Å². The van der Waals surface area contributed by atoms with Crippen molar-refractivity contribution in [2.75, 3.05) is 24.9 Å². The predicted octanol–water partition coefficient (Wildman–Crippen LogP) is 2.11. The van der Waals surface area contributed by atoms with Crippen molar-refractivity contribution in [1.82, 2.24) is 5.32 Å². The monoisotopic (exact) mass is 502 g/mol. The molecule has 0 saturated carbocycles. The molecule has 1 spiro atoms. The number of fused-ring (bicyclic) bond motifs is 2. The molecule has 0 aromatic heterocycles. The molecule has 0 unspecified atom stereocenters. The summed E-state index contributed by atoms with van der Waals surface area (Å²) in [5, 5.41) is 8.98. The van der Waals surface area contributed by atoms with Crippen molar-refractivity contribution in [3.05, 3.63) is 46.4 Å². The molecule has 168 valence electrons. The number of hydrogen-bond donors (Lipinski definition) is 4. The van der Waals surface area contributed by atoms with Crippen molar-refractivity contribution in [3.8, 4) is 11.5 Å². The molecular formula is C22H23BrN4O5. The fourth-order valence-electron chi connectivity index (χ4n) is 4.54. The van der Waals surface area contributed by atoms with Crippen molar-refractivity contribution in [2.24, 2.45) is 11.7 Å². The summed E-state index contributed by atoms with van der Waals surface area (Å²) >= 11 is 3.44. The molecule has 0 radical (unpaired) electrons. The zero-order valence-electron chi connectivity index (χ0n) is 17.5. The number of nitrogens with one attached hydrogen (secondary N) is 3. The highest BCUT2D eigenvalue weighted by atomic mass is 79.9. The summed E-state index contributed by atoms with van der Waals surface area (Å²) in [5.74, 6) is -1.07. The van der Waals surface area contributed by atoms with E-state index in [0.29, 0.717) is 28.4 Å². The van der Waals surface area contributed by atoms with Gasteiger partial charge in [0.2, 0.25) is 17.7 Å². The van der Waals surface area contributed by atoms with Crippen LogP contribution >= 0.6 is 15.9 Å². The lowest BCUT2D eigenvalue weighted by atomic mass is 9.79. The number of primary amides is 1. The van der Waals surface area contributed by atoms with Gasteiger partial charge in [0, 0.05) is 34.3 Å². The van der Waals surface area contributed by atoms with Crippen molar-refractivity contribution in [3.63, 3.8) is 0 Å². The van der Waals surface area contributed by atoms with Gasteiger partial charge in [-0.05, 0) is 36.8 Å². The van der Waals surface area contributed by atoms with Crippen molar-refractivity contribution >= 4 is 45.0 Å². The first-order valence-electron chi connectivity index (χ1n) is 9.99. The van der Waals surface area contributed by atoms with Crippen LogP contribution in [0.15, 0.2) is 40.9 Å². The summed E-state index contributed by atoms with van der Waals surface area (Å²) in [6.45, 7) is 0. The van der Waals surface area contributed by atoms with Gasteiger partial charge in [0.15, 0.2) is 0 Å². The van der Waals surface area contributed by atoms with E-state index in [1.165, 1.54) is 14.2 Å². The Bertz CT molecular complexity index is 1110. The van der Waals surface area contributed by atoms with Gasteiger partial charge in [-0.25, -0.2) is 0 Å². The number of rotatable bonds is 6. The molecule has 32 heavy (non-hydrogen) atoms. The maximum atomic E-state index is 13.6. The first-order valence-corrected chi connectivity index (χ1v) is 10.8. The van der Waals surface area contributed by atoms with Crippen LogP contribution in [0.2, 0.25) is 0 Å². The standard InChI is InChI=1S/C22H23BrN4O5/c1-31-13-4-6-18(32-2)17(10-13)25-20(29)15-8-12(9-19(24)28)27-22(15)14-7-11(23)3-5-16(14)26-21(22)30/h3-7,10,12,15,27H,8-9H2,1-2H3,(H2,24,28)(H,25,29)(H,26,30)/t12-,15-,22-/m0/s1. The number of nitrogens with two attached hydrogens (primary N) is 1. The van der Waals surface area contributed by atoms with Gasteiger partial charge in [-0.1, -0.05) is 15.9 Å². The molecule has 4 rings (SSSR count). The number of anilines is 2. The maximum Gasteiger partial charge on any atom is 0.250 e. The van der Waals surface area contributed by atoms with Gasteiger partial charge < -0.3 is 25.8 Å². The molecule has 0 aliphatic carbocycles. The fraction of sp³-hybridized carbons (Fsp3) is 0.318. The van der Waals surface area contributed by atoms with Gasteiger partial charge in [-0.15, -0.1) is 0 Å². The molecule has 0 bridgehead atoms. The molecular weight excluding hydrogens is 480 g/mol. The quantitative estimate of drug-likeness (QED) is 0.478. The summed E-state index contributed by atoms with van der Waals surface area (Å²) < 4.78 is 11.4. The third-order valence-corrected chi connectivity index (χ3v) is 6.41. The summed E-state index contributed by atoms with van der Waals surface area (Å²) in [5.41, 5.74) is 5.74. The Morgan fingerprint density at radius 1 is 1.22 bits per heavy atom. The second-order valence-electron chi connectivity index (χ2n) is 7.81. The minimum atomic E-state index is -1.34. The average Bonchev–Trinajstić information content (AvgIpc) is 3.26. The predicted molar refractivity (Wildman–Crippen MR) is 121 cm³/mol. The molecule has 2 heterocycles. The van der Waals surface area contributed by atoms with E-state index in [1.54, 1.807) is 30.3 Å². The molecule has 2 aliphatic rings. The molecule has 2 aromatic rings. The number of benzene rings is 2. The van der Waals surface area contributed by atoms with Gasteiger partial charge in [-0.2, -0.15) is 0 Å². The molecule has 1 saturated heterocycles. The Kier molecular flexibility index (Phi) is 5.83. The summed E-state index contributed by atoms with van der Waals surface area (Å²) in [4.78, 5) is 38.4. The van der Waals surface area contributed by atoms with Crippen LogP contribution < -0.4 is 31.2 Å². The van der Waals surface area contributed by atoms with Gasteiger partial charge >= 0.3 is 0 Å². The van der Waals surface area contributed by atoms with Crippen LogP contribution in [0.4, 0.5) is 11.4 Å². The van der Waals surface area contributed by atoms with Crippen LogP contribution in [0.1, 0.15) is 18.4 Å². The second kappa shape index (κ2) is 8.44. The zero-order chi connectivity index (χ0) is 23.0. The van der Waals surface area contributed by atoms with Gasteiger partial charge in [0.25, 0.3) is 0 Å². The van der Waals surface area contributed by atoms with Crippen molar-refractivity contribution in [2.45, 2.75) is 24.4 Å². The second-order valence-corrected chi connectivity index (χ2v) is 8.72. The Morgan fingerprint density at radius 2 is 2.00 bits per heavy atom. The van der Waals surface area contributed by atoms with E-state index < -0.39 is 23.4 Å². The molecule has 5 N–H and O–H groups in total. The van der Waals surface area contributed by atoms with Crippen LogP contribution in [0, 0.1) is 5.92 Å². The highest BCUT2D eigenvalue weighted by molar-refractivity contribution is 9.10. The van der Waals surface area contributed by atoms with Gasteiger partial charge in [0.1, 0.15) is 17.0 Å².